The van der Waals surface area contributed by atoms with Crippen molar-refractivity contribution in [2.75, 3.05) is 12.0 Å². The number of thiazole rings is 1. The molecule has 0 saturated carbocycles. The summed E-state index contributed by atoms with van der Waals surface area (Å²) in [5.74, 6) is 5.29. The number of aromatic nitrogens is 1. The van der Waals surface area contributed by atoms with Gasteiger partial charge in [-0.1, -0.05) is 11.6 Å². The number of nitrogen functional groups attached to an aromatic ring is 1. The first-order chi connectivity index (χ1) is 9.60. The summed E-state index contributed by atoms with van der Waals surface area (Å²) in [5, 5.41) is 5.93. The Hall–Kier alpha value is -1.92. The Morgan fingerprint density at radius 3 is 2.85 bits per heavy atom. The van der Waals surface area contributed by atoms with Crippen molar-refractivity contribution in [3.8, 4) is 0 Å². The van der Waals surface area contributed by atoms with Crippen LogP contribution in [0.15, 0.2) is 23.6 Å². The second-order valence-electron chi connectivity index (χ2n) is 4.58. The fourth-order valence-corrected chi connectivity index (χ4v) is 2.64. The number of carbonyl (C=O) groups excluding carboxylic acids is 1. The zero-order valence-electron chi connectivity index (χ0n) is 11.6. The van der Waals surface area contributed by atoms with Crippen molar-refractivity contribution in [1.82, 2.24) is 10.3 Å². The van der Waals surface area contributed by atoms with Crippen molar-refractivity contribution in [1.29, 1.82) is 0 Å². The highest BCUT2D eigenvalue weighted by molar-refractivity contribution is 7.09. The zero-order chi connectivity index (χ0) is 14.5. The van der Waals surface area contributed by atoms with Crippen molar-refractivity contribution in [2.45, 2.75) is 20.3 Å². The van der Waals surface area contributed by atoms with E-state index in [2.05, 4.69) is 15.7 Å². The van der Waals surface area contributed by atoms with Gasteiger partial charge >= 0.3 is 0 Å². The number of nitrogens with one attached hydrogen (secondary N) is 2. The van der Waals surface area contributed by atoms with Crippen LogP contribution in [0.1, 0.15) is 26.6 Å². The summed E-state index contributed by atoms with van der Waals surface area (Å²) in [6.45, 7) is 4.46. The van der Waals surface area contributed by atoms with Crippen molar-refractivity contribution in [3.63, 3.8) is 0 Å². The van der Waals surface area contributed by atoms with Gasteiger partial charge in [0.1, 0.15) is 0 Å². The van der Waals surface area contributed by atoms with Crippen LogP contribution in [0.25, 0.3) is 0 Å². The Morgan fingerprint density at radius 2 is 2.20 bits per heavy atom. The van der Waals surface area contributed by atoms with E-state index >= 15 is 0 Å². The molecule has 1 heterocycles. The third kappa shape index (κ3) is 3.55. The molecule has 0 spiro atoms. The molecular weight excluding hydrogens is 272 g/mol. The maximum Gasteiger partial charge on any atom is 0.253 e. The number of nitrogens with zero attached hydrogens (tertiary/aromatic N) is 1. The Kier molecular flexibility index (Phi) is 4.70. The Labute approximate surface area is 122 Å². The van der Waals surface area contributed by atoms with E-state index < -0.39 is 0 Å². The lowest BCUT2D eigenvalue weighted by Gasteiger charge is -2.10. The van der Waals surface area contributed by atoms with Crippen LogP contribution in [-0.4, -0.2) is 17.4 Å². The van der Waals surface area contributed by atoms with Gasteiger partial charge in [0.25, 0.3) is 5.91 Å². The smallest absolute Gasteiger partial charge is 0.253 e. The van der Waals surface area contributed by atoms with Crippen LogP contribution >= 0.6 is 11.3 Å². The van der Waals surface area contributed by atoms with E-state index in [0.29, 0.717) is 17.8 Å². The molecule has 0 bridgehead atoms. The number of anilines is 1. The monoisotopic (exact) mass is 290 g/mol. The predicted molar refractivity (Wildman–Crippen MR) is 81.9 cm³/mol. The molecule has 1 aromatic carbocycles. The molecule has 0 unspecified atom stereocenters. The molecule has 0 aliphatic rings. The van der Waals surface area contributed by atoms with Gasteiger partial charge in [-0.3, -0.25) is 10.6 Å². The lowest BCUT2D eigenvalue weighted by atomic mass is 10.1. The van der Waals surface area contributed by atoms with Crippen LogP contribution < -0.4 is 16.6 Å². The summed E-state index contributed by atoms with van der Waals surface area (Å²) < 4.78 is 0. The maximum atomic E-state index is 12.1. The number of hydrogen-bond donors (Lipinski definition) is 3. The third-order valence-electron chi connectivity index (χ3n) is 2.87. The van der Waals surface area contributed by atoms with Crippen molar-refractivity contribution >= 4 is 22.9 Å². The average Bonchev–Trinajstić information content (AvgIpc) is 2.84. The van der Waals surface area contributed by atoms with Crippen LogP contribution in [0, 0.1) is 13.8 Å². The topological polar surface area (TPSA) is 80.0 Å². The van der Waals surface area contributed by atoms with Gasteiger partial charge in [-0.25, -0.2) is 4.98 Å². The summed E-state index contributed by atoms with van der Waals surface area (Å²) >= 11 is 1.61. The van der Waals surface area contributed by atoms with Crippen LogP contribution in [-0.2, 0) is 6.42 Å². The van der Waals surface area contributed by atoms with Crippen molar-refractivity contribution in [2.24, 2.45) is 5.84 Å². The van der Waals surface area contributed by atoms with E-state index in [9.17, 15) is 4.79 Å². The van der Waals surface area contributed by atoms with Gasteiger partial charge in [0.2, 0.25) is 0 Å². The highest BCUT2D eigenvalue weighted by Gasteiger charge is 2.11. The lowest BCUT2D eigenvalue weighted by molar-refractivity contribution is 0.0955. The van der Waals surface area contributed by atoms with Crippen molar-refractivity contribution < 1.29 is 4.79 Å². The largest absolute Gasteiger partial charge is 0.352 e. The highest BCUT2D eigenvalue weighted by atomic mass is 32.1. The van der Waals surface area contributed by atoms with Gasteiger partial charge in [0.15, 0.2) is 0 Å². The maximum absolute atomic E-state index is 12.1. The molecule has 106 valence electrons. The number of aryl methyl sites for hydroxylation is 2. The molecule has 0 radical (unpaired) electrons. The number of amides is 1. The molecule has 1 aromatic heterocycles. The van der Waals surface area contributed by atoms with Gasteiger partial charge in [0, 0.05) is 24.0 Å². The minimum Gasteiger partial charge on any atom is -0.352 e. The number of rotatable bonds is 5. The van der Waals surface area contributed by atoms with Crippen LogP contribution in [0.2, 0.25) is 0 Å². The Balaban J connectivity index is 1.96. The summed E-state index contributed by atoms with van der Waals surface area (Å²) in [6.07, 6.45) is 0.738. The summed E-state index contributed by atoms with van der Waals surface area (Å²) in [7, 11) is 0. The molecule has 0 saturated heterocycles. The number of benzene rings is 1. The molecule has 1 amide bonds. The fourth-order valence-electron chi connectivity index (χ4n) is 1.87. The molecule has 0 atom stereocenters. The van der Waals surface area contributed by atoms with Gasteiger partial charge in [0.05, 0.1) is 16.3 Å². The minimum absolute atomic E-state index is 0.130. The molecule has 6 heteroatoms. The number of carbonyl (C=O) groups is 1. The SMILES string of the molecule is Cc1ccc(NN)c(C(=O)NCCc2nc(C)cs2)c1. The number of nitrogens with two attached hydrogens (primary N) is 1. The molecule has 2 rings (SSSR count). The summed E-state index contributed by atoms with van der Waals surface area (Å²) in [6, 6.07) is 5.52. The molecule has 5 nitrogen and oxygen atoms in total. The quantitative estimate of drug-likeness (QED) is 0.581. The second kappa shape index (κ2) is 6.49. The standard InChI is InChI=1S/C14H18N4OS/c1-9-3-4-12(18-15)11(7-9)14(19)16-6-5-13-17-10(2)8-20-13/h3-4,7-8,18H,5-6,15H2,1-2H3,(H,16,19). The van der Waals surface area contributed by atoms with E-state index in [1.54, 1.807) is 17.4 Å². The lowest BCUT2D eigenvalue weighted by Crippen LogP contribution is -2.27. The molecular formula is C14H18N4OS. The van der Waals surface area contributed by atoms with E-state index in [-0.39, 0.29) is 5.91 Å². The summed E-state index contributed by atoms with van der Waals surface area (Å²) in [4.78, 5) is 16.5. The van der Waals surface area contributed by atoms with Gasteiger partial charge in [-0.15, -0.1) is 11.3 Å². The number of hydrazine groups is 1. The fraction of sp³-hybridized carbons (Fsp3) is 0.286. The molecule has 4 N–H and O–H groups in total. The van der Waals surface area contributed by atoms with Crippen molar-refractivity contribution in [3.05, 3.63) is 45.4 Å². The van der Waals surface area contributed by atoms with Crippen LogP contribution in [0.5, 0.6) is 0 Å². The first-order valence-corrected chi connectivity index (χ1v) is 7.24. The van der Waals surface area contributed by atoms with Crippen LogP contribution in [0.4, 0.5) is 5.69 Å². The van der Waals surface area contributed by atoms with Gasteiger partial charge in [-0.2, -0.15) is 0 Å². The molecule has 0 aliphatic carbocycles. The molecule has 20 heavy (non-hydrogen) atoms. The van der Waals surface area contributed by atoms with Gasteiger partial charge in [-0.05, 0) is 26.0 Å². The zero-order valence-corrected chi connectivity index (χ0v) is 12.4. The molecule has 0 aliphatic heterocycles. The Morgan fingerprint density at radius 1 is 1.40 bits per heavy atom. The second-order valence-corrected chi connectivity index (χ2v) is 5.52. The minimum atomic E-state index is -0.130. The average molecular weight is 290 g/mol. The van der Waals surface area contributed by atoms with E-state index in [0.717, 1.165) is 22.7 Å². The van der Waals surface area contributed by atoms with Gasteiger partial charge < -0.3 is 10.7 Å². The predicted octanol–water partition coefficient (Wildman–Crippen LogP) is 2.02. The summed E-state index contributed by atoms with van der Waals surface area (Å²) in [5.41, 5.74) is 5.76. The normalized spacial score (nSPS) is 10.3. The van der Waals surface area contributed by atoms with E-state index in [1.165, 1.54) is 0 Å². The van der Waals surface area contributed by atoms with E-state index in [1.807, 2.05) is 31.4 Å². The molecule has 2 aromatic rings. The third-order valence-corrected chi connectivity index (χ3v) is 3.89. The van der Waals surface area contributed by atoms with Crippen LogP contribution in [0.3, 0.4) is 0 Å². The first-order valence-electron chi connectivity index (χ1n) is 6.36. The first kappa shape index (κ1) is 14.5. The molecule has 0 fully saturated rings. The van der Waals surface area contributed by atoms with E-state index in [4.69, 9.17) is 5.84 Å². The number of hydrogen-bond acceptors (Lipinski definition) is 5. The Bertz CT molecular complexity index is 609. The highest BCUT2D eigenvalue weighted by Crippen LogP contribution is 2.16.